The second kappa shape index (κ2) is 19.5. The van der Waals surface area contributed by atoms with Crippen molar-refractivity contribution in [2.24, 2.45) is 20.0 Å². The van der Waals surface area contributed by atoms with Crippen LogP contribution in [0.15, 0.2) is 87.3 Å². The zero-order valence-corrected chi connectivity index (χ0v) is 48.8. The van der Waals surface area contributed by atoms with E-state index in [0.29, 0.717) is 0 Å². The minimum absolute atomic E-state index is 0.359. The first-order valence-corrected chi connectivity index (χ1v) is 28.1. The number of H-pyrrole nitrogens is 4. The van der Waals surface area contributed by atoms with E-state index in [1.807, 2.05) is 0 Å². The van der Waals surface area contributed by atoms with Crippen LogP contribution >= 0.6 is 0 Å². The van der Waals surface area contributed by atoms with E-state index in [-0.39, 0.29) is 10.8 Å². The van der Waals surface area contributed by atoms with Gasteiger partial charge >= 0.3 is 0 Å². The third kappa shape index (κ3) is 7.98. The highest BCUT2D eigenvalue weighted by Crippen LogP contribution is 2.45. The van der Waals surface area contributed by atoms with E-state index in [0.717, 1.165) is 120 Å². The molecule has 0 saturated carbocycles. The molecule has 16 bridgehead atoms. The Morgan fingerprint density at radius 3 is 0.622 bits per heavy atom. The molecule has 0 fully saturated rings. The van der Waals surface area contributed by atoms with Crippen LogP contribution in [0.4, 0.5) is 0 Å². The van der Waals surface area contributed by atoms with Gasteiger partial charge < -0.3 is 19.9 Å². The summed E-state index contributed by atoms with van der Waals surface area (Å²) < 4.78 is 0. The number of aromatic amines is 4. The lowest BCUT2D eigenvalue weighted by Gasteiger charge is -2.25. The molecule has 74 heavy (non-hydrogen) atoms. The van der Waals surface area contributed by atoms with Crippen molar-refractivity contribution in [1.82, 2.24) is 19.9 Å². The van der Waals surface area contributed by atoms with E-state index < -0.39 is 0 Å². The van der Waals surface area contributed by atoms with E-state index in [9.17, 15) is 0 Å². The van der Waals surface area contributed by atoms with Crippen molar-refractivity contribution in [3.63, 3.8) is 0 Å². The quantitative estimate of drug-likeness (QED) is 0.135. The molecule has 8 heteroatoms. The Balaban J connectivity index is 1.31. The minimum Gasteiger partial charge on any atom is -0.358 e. The molecule has 4 N–H and O–H groups in total. The molecule has 388 valence electrons. The minimum atomic E-state index is -0.359. The molecule has 4 aromatic heterocycles. The Bertz CT molecular complexity index is 3010. The monoisotopic (exact) mass is 989 g/mol. The molecule has 8 nitrogen and oxygen atoms in total. The van der Waals surface area contributed by atoms with Gasteiger partial charge in [0.25, 0.3) is 0 Å². The van der Waals surface area contributed by atoms with Crippen LogP contribution in [0.25, 0.3) is 24.3 Å². The van der Waals surface area contributed by atoms with E-state index in [4.69, 9.17) is 20.0 Å². The van der Waals surface area contributed by atoms with Crippen LogP contribution < -0.4 is 0 Å². The molecule has 5 aliphatic rings. The number of rotatable bonds is 8. The number of nitrogens with zero attached hydrogens (tertiary/aromatic N) is 4. The zero-order valence-electron chi connectivity index (χ0n) is 48.8. The average molecular weight is 989 g/mol. The van der Waals surface area contributed by atoms with Crippen molar-refractivity contribution in [3.8, 4) is 0 Å². The Hall–Kier alpha value is -6.28. The largest absolute Gasteiger partial charge is 0.358 e. The molecule has 0 atom stereocenters. The summed E-state index contributed by atoms with van der Waals surface area (Å²) in [5, 5.41) is 0. The normalized spacial score (nSPS) is 21.4. The Kier molecular flexibility index (Phi) is 13.8. The van der Waals surface area contributed by atoms with Crippen LogP contribution in [0.3, 0.4) is 0 Å². The standard InChI is InChI=1S/C66H84N8/c1-21-41-45(25-5)57-58-46(26-6)42(22-2)54(68-58)30-50-34(10)39(15)63(72-50)66(19,20)64-40(16)36(12)52(74-64)32-56-44(24-4)48(28-8)60(70-56)59-47(27-7)43(23-3)55(69-59)31-51-35(11)38(14)62(73-51)65(17,18)61-37(13)33(9)49(71-61)29-53(41)67-57/h29-32,71-74H,21-28H2,1-20H3/b53-29-,54-30-,55-31-,56-32-. The van der Waals surface area contributed by atoms with E-state index in [1.54, 1.807) is 0 Å². The van der Waals surface area contributed by atoms with E-state index in [1.165, 1.54) is 112 Å². The maximum Gasteiger partial charge on any atom is 0.0932 e. The SMILES string of the molecule is CCC1=C(CC)/C2=C/c3[nH]c(c(C)c3C)C(C)(C)c3[nH]c(c(C)c3C)/C=C3\N=C(C4=N/C(=C\c5[nH]c(c(C)c5C)C(C)(C)c5[nH]c(c(C)c5C)/C=C5\N=C(C1=N2)C(CC)=C5CC)C(CC)=C4CC)C(CC)=C3CC. The fourth-order valence-corrected chi connectivity index (χ4v) is 13.3. The lowest BCUT2D eigenvalue weighted by molar-refractivity contribution is 0.594. The van der Waals surface area contributed by atoms with Crippen molar-refractivity contribution in [2.45, 2.75) is 201 Å². The number of hydrogen-bond acceptors (Lipinski definition) is 4. The first-order valence-electron chi connectivity index (χ1n) is 28.1. The third-order valence-electron chi connectivity index (χ3n) is 18.1. The molecule has 0 aliphatic carbocycles. The van der Waals surface area contributed by atoms with Crippen LogP contribution in [0.2, 0.25) is 0 Å². The predicted molar refractivity (Wildman–Crippen MR) is 317 cm³/mol. The van der Waals surface area contributed by atoms with Crippen molar-refractivity contribution < 1.29 is 0 Å². The molecule has 0 radical (unpaired) electrons. The van der Waals surface area contributed by atoms with Gasteiger partial charge in [0.1, 0.15) is 0 Å². The van der Waals surface area contributed by atoms with Crippen LogP contribution in [0, 0.1) is 55.4 Å². The summed E-state index contributed by atoms with van der Waals surface area (Å²) in [6, 6.07) is 0. The number of allylic oxidation sites excluding steroid dienone is 8. The van der Waals surface area contributed by atoms with E-state index >= 15 is 0 Å². The highest BCUT2D eigenvalue weighted by Gasteiger charge is 2.38. The molecule has 0 aromatic carbocycles. The molecule has 4 aromatic rings. The van der Waals surface area contributed by atoms with Gasteiger partial charge in [0.05, 0.1) is 45.6 Å². The fourth-order valence-electron chi connectivity index (χ4n) is 13.3. The first kappa shape index (κ1) is 52.6. The smallest absolute Gasteiger partial charge is 0.0932 e. The van der Waals surface area contributed by atoms with Crippen LogP contribution in [-0.2, 0) is 10.8 Å². The van der Waals surface area contributed by atoms with Gasteiger partial charge in [-0.05, 0) is 248 Å². The summed E-state index contributed by atoms with van der Waals surface area (Å²) >= 11 is 0. The summed E-state index contributed by atoms with van der Waals surface area (Å²) in [6.07, 6.45) is 16.4. The van der Waals surface area contributed by atoms with Crippen LogP contribution in [0.5, 0.6) is 0 Å². The van der Waals surface area contributed by atoms with Gasteiger partial charge in [-0.25, -0.2) is 20.0 Å². The summed E-state index contributed by atoms with van der Waals surface area (Å²) in [6.45, 7) is 45.7. The van der Waals surface area contributed by atoms with Crippen molar-refractivity contribution in [3.05, 3.63) is 157 Å². The predicted octanol–water partition coefficient (Wildman–Crippen LogP) is 17.5. The summed E-state index contributed by atoms with van der Waals surface area (Å²) in [5.74, 6) is 0. The topological polar surface area (TPSA) is 113 Å². The van der Waals surface area contributed by atoms with Crippen molar-refractivity contribution in [2.75, 3.05) is 0 Å². The lowest BCUT2D eigenvalue weighted by Crippen LogP contribution is -2.22. The fraction of sp³-hybridized carbons (Fsp3) is 0.455. The number of aliphatic imine (C=N–C) groups is 4. The van der Waals surface area contributed by atoms with Crippen molar-refractivity contribution in [1.29, 1.82) is 0 Å². The molecule has 0 saturated heterocycles. The van der Waals surface area contributed by atoms with Gasteiger partial charge in [-0.15, -0.1) is 0 Å². The molecule has 5 aliphatic heterocycles. The van der Waals surface area contributed by atoms with Crippen molar-refractivity contribution >= 4 is 47.2 Å². The molecule has 0 unspecified atom stereocenters. The Morgan fingerprint density at radius 2 is 0.459 bits per heavy atom. The number of aromatic nitrogens is 4. The number of nitrogens with one attached hydrogen (secondary N) is 4. The summed E-state index contributed by atoms with van der Waals surface area (Å²) in [5.41, 5.74) is 37.4. The maximum absolute atomic E-state index is 5.59. The molecule has 9 rings (SSSR count). The highest BCUT2D eigenvalue weighted by atomic mass is 14.9. The second-order valence-electron chi connectivity index (χ2n) is 22.5. The lowest BCUT2D eigenvalue weighted by atomic mass is 9.81. The summed E-state index contributed by atoms with van der Waals surface area (Å²) in [7, 11) is 0. The van der Waals surface area contributed by atoms with Gasteiger partial charge in [0, 0.05) is 56.4 Å². The van der Waals surface area contributed by atoms with Gasteiger partial charge in [0.15, 0.2) is 0 Å². The third-order valence-corrected chi connectivity index (χ3v) is 18.1. The molecule has 9 heterocycles. The second-order valence-corrected chi connectivity index (χ2v) is 22.5. The highest BCUT2D eigenvalue weighted by molar-refractivity contribution is 6.56. The Labute approximate surface area is 443 Å². The number of fused-ring (bicyclic) bond motifs is 14. The first-order chi connectivity index (χ1) is 35.2. The number of hydrogen-bond donors (Lipinski definition) is 4. The molecule has 0 spiro atoms. The molecular weight excluding hydrogens is 905 g/mol. The van der Waals surface area contributed by atoms with Gasteiger partial charge in [-0.2, -0.15) is 0 Å². The van der Waals surface area contributed by atoms with Gasteiger partial charge in [-0.1, -0.05) is 55.4 Å². The maximum atomic E-state index is 5.59. The van der Waals surface area contributed by atoms with Gasteiger partial charge in [-0.3, -0.25) is 0 Å². The van der Waals surface area contributed by atoms with Crippen LogP contribution in [0.1, 0.15) is 225 Å². The summed E-state index contributed by atoms with van der Waals surface area (Å²) in [4.78, 5) is 38.4. The van der Waals surface area contributed by atoms with E-state index in [2.05, 4.69) is 183 Å². The van der Waals surface area contributed by atoms with Crippen LogP contribution in [-0.4, -0.2) is 42.8 Å². The molecular formula is C66H84N8. The Morgan fingerprint density at radius 1 is 0.284 bits per heavy atom. The molecule has 0 amide bonds. The average Bonchev–Trinajstić information content (AvgIpc) is 4.27. The zero-order chi connectivity index (χ0) is 53.6. The van der Waals surface area contributed by atoms with Gasteiger partial charge in [0.2, 0.25) is 0 Å².